The Labute approximate surface area is 110 Å². The summed E-state index contributed by atoms with van der Waals surface area (Å²) in [5, 5.41) is 3.69. The Morgan fingerprint density at radius 2 is 1.88 bits per heavy atom. The lowest BCUT2D eigenvalue weighted by molar-refractivity contribution is 1.13. The van der Waals surface area contributed by atoms with Crippen LogP contribution in [0.25, 0.3) is 0 Å². The van der Waals surface area contributed by atoms with Crippen molar-refractivity contribution in [3.8, 4) is 0 Å². The molecule has 0 bridgehead atoms. The third-order valence-corrected chi connectivity index (χ3v) is 3.50. The highest BCUT2D eigenvalue weighted by Gasteiger charge is 2.04. The van der Waals surface area contributed by atoms with Crippen molar-refractivity contribution in [2.45, 2.75) is 11.8 Å². The summed E-state index contributed by atoms with van der Waals surface area (Å²) in [4.78, 5) is 9.31. The largest absolute Gasteiger partial charge is 0.340 e. The van der Waals surface area contributed by atoms with Crippen LogP contribution in [0, 0.1) is 6.92 Å². The van der Waals surface area contributed by atoms with Gasteiger partial charge in [-0.15, -0.1) is 11.8 Å². The highest BCUT2D eigenvalue weighted by atomic mass is 35.5. The molecule has 0 atom stereocenters. The van der Waals surface area contributed by atoms with E-state index in [2.05, 4.69) is 33.7 Å². The lowest BCUT2D eigenvalue weighted by Gasteiger charge is -2.09. The highest BCUT2D eigenvalue weighted by Crippen LogP contribution is 2.23. The summed E-state index contributed by atoms with van der Waals surface area (Å²) >= 11 is 7.65. The van der Waals surface area contributed by atoms with Gasteiger partial charge in [0.05, 0.1) is 0 Å². The molecule has 0 saturated carbocycles. The fourth-order valence-corrected chi connectivity index (χ4v) is 1.91. The zero-order valence-corrected chi connectivity index (χ0v) is 11.1. The first-order valence-electron chi connectivity index (χ1n) is 5.09. The van der Waals surface area contributed by atoms with Gasteiger partial charge in [-0.2, -0.15) is 0 Å². The molecule has 0 spiro atoms. The predicted octanol–water partition coefficient (Wildman–Crippen LogP) is 3.90. The molecular weight excluding hydrogens is 254 g/mol. The molecule has 0 aliphatic carbocycles. The van der Waals surface area contributed by atoms with Gasteiger partial charge < -0.3 is 5.32 Å². The number of benzene rings is 1. The SMILES string of the molecule is CSc1ccc(Nc2ncnc(Cl)c2C)cc1. The summed E-state index contributed by atoms with van der Waals surface area (Å²) in [7, 11) is 0. The lowest BCUT2D eigenvalue weighted by atomic mass is 10.3. The second-order valence-electron chi connectivity index (χ2n) is 3.49. The first kappa shape index (κ1) is 12.2. The van der Waals surface area contributed by atoms with E-state index in [0.29, 0.717) is 5.15 Å². The van der Waals surface area contributed by atoms with Crippen molar-refractivity contribution < 1.29 is 0 Å². The maximum Gasteiger partial charge on any atom is 0.138 e. The normalized spacial score (nSPS) is 10.3. The molecule has 5 heteroatoms. The minimum absolute atomic E-state index is 0.475. The van der Waals surface area contributed by atoms with Crippen LogP contribution >= 0.6 is 23.4 Å². The van der Waals surface area contributed by atoms with Gasteiger partial charge in [0.2, 0.25) is 0 Å². The fourth-order valence-electron chi connectivity index (χ4n) is 1.37. The summed E-state index contributed by atoms with van der Waals surface area (Å²) in [6, 6.07) is 8.15. The third kappa shape index (κ3) is 2.90. The van der Waals surface area contributed by atoms with Crippen LogP contribution in [-0.2, 0) is 0 Å². The van der Waals surface area contributed by atoms with E-state index in [-0.39, 0.29) is 0 Å². The Bertz CT molecular complexity index is 514. The highest BCUT2D eigenvalue weighted by molar-refractivity contribution is 7.98. The Balaban J connectivity index is 2.22. The predicted molar refractivity (Wildman–Crippen MR) is 73.3 cm³/mol. The van der Waals surface area contributed by atoms with Crippen LogP contribution in [-0.4, -0.2) is 16.2 Å². The van der Waals surface area contributed by atoms with Crippen molar-refractivity contribution in [1.82, 2.24) is 9.97 Å². The number of rotatable bonds is 3. The Kier molecular flexibility index (Phi) is 3.86. The summed E-state index contributed by atoms with van der Waals surface area (Å²) in [6.45, 7) is 1.89. The third-order valence-electron chi connectivity index (χ3n) is 2.38. The number of anilines is 2. The zero-order chi connectivity index (χ0) is 12.3. The van der Waals surface area contributed by atoms with Gasteiger partial charge in [-0.1, -0.05) is 11.6 Å². The average molecular weight is 266 g/mol. The van der Waals surface area contributed by atoms with Crippen molar-refractivity contribution in [1.29, 1.82) is 0 Å². The van der Waals surface area contributed by atoms with Gasteiger partial charge in [0.1, 0.15) is 17.3 Å². The number of halogens is 1. The van der Waals surface area contributed by atoms with E-state index in [9.17, 15) is 0 Å². The summed E-state index contributed by atoms with van der Waals surface area (Å²) < 4.78 is 0. The zero-order valence-electron chi connectivity index (χ0n) is 9.57. The van der Waals surface area contributed by atoms with Gasteiger partial charge in [0.15, 0.2) is 0 Å². The monoisotopic (exact) mass is 265 g/mol. The number of thioether (sulfide) groups is 1. The van der Waals surface area contributed by atoms with Crippen LogP contribution in [0.5, 0.6) is 0 Å². The van der Waals surface area contributed by atoms with Gasteiger partial charge in [-0.25, -0.2) is 9.97 Å². The number of nitrogens with zero attached hydrogens (tertiary/aromatic N) is 2. The van der Waals surface area contributed by atoms with Crippen LogP contribution < -0.4 is 5.32 Å². The smallest absolute Gasteiger partial charge is 0.138 e. The van der Waals surface area contributed by atoms with Crippen LogP contribution in [0.1, 0.15) is 5.56 Å². The van der Waals surface area contributed by atoms with Gasteiger partial charge >= 0.3 is 0 Å². The number of nitrogens with one attached hydrogen (secondary N) is 1. The van der Waals surface area contributed by atoms with E-state index in [4.69, 9.17) is 11.6 Å². The van der Waals surface area contributed by atoms with E-state index in [1.165, 1.54) is 11.2 Å². The van der Waals surface area contributed by atoms with E-state index >= 15 is 0 Å². The molecule has 0 aliphatic rings. The van der Waals surface area contributed by atoms with Crippen molar-refractivity contribution in [3.05, 3.63) is 41.3 Å². The first-order valence-corrected chi connectivity index (χ1v) is 6.69. The molecule has 1 aromatic heterocycles. The topological polar surface area (TPSA) is 37.8 Å². The minimum Gasteiger partial charge on any atom is -0.340 e. The molecule has 0 unspecified atom stereocenters. The molecule has 0 fully saturated rings. The molecule has 88 valence electrons. The Morgan fingerprint density at radius 1 is 1.18 bits per heavy atom. The molecule has 0 saturated heterocycles. The fraction of sp³-hybridized carbons (Fsp3) is 0.167. The molecule has 1 heterocycles. The van der Waals surface area contributed by atoms with Crippen LogP contribution in [0.3, 0.4) is 0 Å². The molecule has 17 heavy (non-hydrogen) atoms. The van der Waals surface area contributed by atoms with Crippen molar-refractivity contribution in [3.63, 3.8) is 0 Å². The molecule has 3 nitrogen and oxygen atoms in total. The molecule has 1 aromatic carbocycles. The van der Waals surface area contributed by atoms with Crippen LogP contribution in [0.2, 0.25) is 5.15 Å². The maximum absolute atomic E-state index is 5.93. The van der Waals surface area contributed by atoms with Gasteiger partial charge in [0.25, 0.3) is 0 Å². The molecular formula is C12H12ClN3S. The van der Waals surface area contributed by atoms with Crippen molar-refractivity contribution in [2.75, 3.05) is 11.6 Å². The van der Waals surface area contributed by atoms with E-state index in [1.54, 1.807) is 11.8 Å². The number of hydrogen-bond donors (Lipinski definition) is 1. The molecule has 0 aliphatic heterocycles. The maximum atomic E-state index is 5.93. The second-order valence-corrected chi connectivity index (χ2v) is 4.73. The van der Waals surface area contributed by atoms with Gasteiger partial charge in [-0.05, 0) is 37.4 Å². The molecule has 0 radical (unpaired) electrons. The Morgan fingerprint density at radius 3 is 2.53 bits per heavy atom. The summed E-state index contributed by atoms with van der Waals surface area (Å²) in [5.41, 5.74) is 1.84. The van der Waals surface area contributed by atoms with Gasteiger partial charge in [0, 0.05) is 16.1 Å². The van der Waals surface area contributed by atoms with E-state index < -0.39 is 0 Å². The van der Waals surface area contributed by atoms with Crippen molar-refractivity contribution in [2.24, 2.45) is 0 Å². The molecule has 2 aromatic rings. The lowest BCUT2D eigenvalue weighted by Crippen LogP contribution is -1.97. The summed E-state index contributed by atoms with van der Waals surface area (Å²) in [5.74, 6) is 0.738. The summed E-state index contributed by atoms with van der Waals surface area (Å²) in [6.07, 6.45) is 3.50. The average Bonchev–Trinajstić information content (AvgIpc) is 2.36. The molecule has 0 amide bonds. The standard InChI is InChI=1S/C12H12ClN3S/c1-8-11(13)14-7-15-12(8)16-9-3-5-10(17-2)6-4-9/h3-7H,1-2H3,(H,14,15,16). The second kappa shape index (κ2) is 5.38. The number of hydrogen-bond acceptors (Lipinski definition) is 4. The Hall–Kier alpha value is -1.26. The van der Waals surface area contributed by atoms with E-state index in [1.807, 2.05) is 19.1 Å². The van der Waals surface area contributed by atoms with Crippen molar-refractivity contribution >= 4 is 34.9 Å². The van der Waals surface area contributed by atoms with Gasteiger partial charge in [-0.3, -0.25) is 0 Å². The van der Waals surface area contributed by atoms with Crippen LogP contribution in [0.4, 0.5) is 11.5 Å². The quantitative estimate of drug-likeness (QED) is 0.675. The first-order chi connectivity index (χ1) is 8.20. The van der Waals surface area contributed by atoms with E-state index in [0.717, 1.165) is 17.1 Å². The number of aromatic nitrogens is 2. The minimum atomic E-state index is 0.475. The molecule has 2 rings (SSSR count). The molecule has 1 N–H and O–H groups in total. The van der Waals surface area contributed by atoms with Crippen LogP contribution in [0.15, 0.2) is 35.5 Å².